The van der Waals surface area contributed by atoms with E-state index in [0.717, 1.165) is 25.7 Å². The number of piperidine rings is 1. The van der Waals surface area contributed by atoms with Crippen LogP contribution in [0.4, 0.5) is 5.13 Å². The molecular formula is C20H26N4O3S. The molecule has 150 valence electrons. The van der Waals surface area contributed by atoms with E-state index in [-0.39, 0.29) is 36.7 Å². The maximum Gasteiger partial charge on any atom is 0.226 e. The Hall–Kier alpha value is -2.32. The van der Waals surface area contributed by atoms with Crippen molar-refractivity contribution >= 4 is 28.3 Å². The Balaban J connectivity index is 1.34. The Bertz CT molecular complexity index is 746. The maximum atomic E-state index is 12.4. The fourth-order valence-electron chi connectivity index (χ4n) is 3.52. The van der Waals surface area contributed by atoms with Crippen LogP contribution in [-0.2, 0) is 16.0 Å². The fourth-order valence-corrected chi connectivity index (χ4v) is 3.98. The average Bonchev–Trinajstić information content (AvgIpc) is 3.24. The van der Waals surface area contributed by atoms with E-state index in [1.165, 1.54) is 16.9 Å². The number of aliphatic hydroxyl groups is 1. The summed E-state index contributed by atoms with van der Waals surface area (Å²) in [6.07, 6.45) is 3.20. The standard InChI is InChI=1S/C20H26N4O3S/c25-17(7-6-15-4-2-1-3-5-15)16-10-12-24(13-11-16)19(27)9-8-18(26)22-20-23-21-14-28-20/h1-5,14,16-17,25H,6-13H2,(H,22,23,26). The molecule has 8 heteroatoms. The summed E-state index contributed by atoms with van der Waals surface area (Å²) >= 11 is 1.25. The van der Waals surface area contributed by atoms with Gasteiger partial charge in [0.15, 0.2) is 0 Å². The molecule has 1 saturated heterocycles. The van der Waals surface area contributed by atoms with Crippen molar-refractivity contribution in [3.05, 3.63) is 41.4 Å². The normalized spacial score (nSPS) is 16.0. The third-order valence-electron chi connectivity index (χ3n) is 5.18. The first kappa shape index (κ1) is 20.4. The highest BCUT2D eigenvalue weighted by atomic mass is 32.1. The SMILES string of the molecule is O=C(CCC(=O)N1CCC(C(O)CCc2ccccc2)CC1)Nc1nncs1. The van der Waals surface area contributed by atoms with Crippen molar-refractivity contribution in [1.29, 1.82) is 0 Å². The zero-order valence-corrected chi connectivity index (χ0v) is 16.6. The van der Waals surface area contributed by atoms with E-state index in [0.29, 0.717) is 18.2 Å². The van der Waals surface area contributed by atoms with E-state index in [2.05, 4.69) is 27.6 Å². The minimum absolute atomic E-state index is 0.00959. The molecule has 1 aromatic heterocycles. The highest BCUT2D eigenvalue weighted by molar-refractivity contribution is 7.13. The number of anilines is 1. The minimum Gasteiger partial charge on any atom is -0.393 e. The molecule has 0 bridgehead atoms. The molecule has 0 aliphatic carbocycles. The summed E-state index contributed by atoms with van der Waals surface area (Å²) in [5, 5.41) is 21.0. The minimum atomic E-state index is -0.338. The van der Waals surface area contributed by atoms with Crippen molar-refractivity contribution in [2.24, 2.45) is 5.92 Å². The molecule has 7 nitrogen and oxygen atoms in total. The summed E-state index contributed by atoms with van der Waals surface area (Å²) in [6.45, 7) is 1.29. The van der Waals surface area contributed by atoms with Crippen molar-refractivity contribution in [3.63, 3.8) is 0 Å². The van der Waals surface area contributed by atoms with Crippen LogP contribution in [0.2, 0.25) is 0 Å². The summed E-state index contributed by atoms with van der Waals surface area (Å²) in [5.74, 6) is -0.00516. The van der Waals surface area contributed by atoms with Gasteiger partial charge in [0, 0.05) is 25.9 Å². The molecule has 1 aliphatic heterocycles. The lowest BCUT2D eigenvalue weighted by atomic mass is 9.88. The second kappa shape index (κ2) is 10.3. The number of aromatic nitrogens is 2. The second-order valence-corrected chi connectivity index (χ2v) is 7.94. The predicted molar refractivity (Wildman–Crippen MR) is 108 cm³/mol. The highest BCUT2D eigenvalue weighted by Crippen LogP contribution is 2.24. The smallest absolute Gasteiger partial charge is 0.226 e. The number of carbonyl (C=O) groups is 2. The number of benzene rings is 1. The first-order chi connectivity index (χ1) is 13.6. The van der Waals surface area contributed by atoms with Gasteiger partial charge in [0.25, 0.3) is 0 Å². The zero-order chi connectivity index (χ0) is 19.8. The number of likely N-dealkylation sites (tertiary alicyclic amines) is 1. The molecule has 2 heterocycles. The van der Waals surface area contributed by atoms with Gasteiger partial charge in [-0.1, -0.05) is 41.7 Å². The van der Waals surface area contributed by atoms with Gasteiger partial charge in [0.05, 0.1) is 6.10 Å². The number of hydrogen-bond acceptors (Lipinski definition) is 6. The predicted octanol–water partition coefficient (Wildman–Crippen LogP) is 2.49. The Morgan fingerprint density at radius 2 is 1.96 bits per heavy atom. The monoisotopic (exact) mass is 402 g/mol. The molecule has 2 N–H and O–H groups in total. The van der Waals surface area contributed by atoms with Crippen LogP contribution < -0.4 is 5.32 Å². The third-order valence-corrected chi connectivity index (χ3v) is 5.79. The Labute approximate surface area is 168 Å². The summed E-state index contributed by atoms with van der Waals surface area (Å²) in [4.78, 5) is 26.0. The maximum absolute atomic E-state index is 12.4. The van der Waals surface area contributed by atoms with E-state index in [1.807, 2.05) is 18.2 Å². The average molecular weight is 403 g/mol. The molecule has 28 heavy (non-hydrogen) atoms. The summed E-state index contributed by atoms with van der Waals surface area (Å²) in [6, 6.07) is 10.2. The molecule has 0 spiro atoms. The second-order valence-electron chi connectivity index (χ2n) is 7.10. The first-order valence-electron chi connectivity index (χ1n) is 9.67. The molecule has 2 amide bonds. The van der Waals surface area contributed by atoms with E-state index < -0.39 is 0 Å². The zero-order valence-electron chi connectivity index (χ0n) is 15.8. The van der Waals surface area contributed by atoms with Gasteiger partial charge in [-0.2, -0.15) is 0 Å². The van der Waals surface area contributed by atoms with Gasteiger partial charge in [-0.25, -0.2) is 0 Å². The fraction of sp³-hybridized carbons (Fsp3) is 0.500. The molecule has 1 aliphatic rings. The number of nitrogens with one attached hydrogen (secondary N) is 1. The highest BCUT2D eigenvalue weighted by Gasteiger charge is 2.27. The quantitative estimate of drug-likeness (QED) is 0.707. The van der Waals surface area contributed by atoms with Crippen LogP contribution in [0.3, 0.4) is 0 Å². The Kier molecular flexibility index (Phi) is 7.50. The lowest BCUT2D eigenvalue weighted by molar-refractivity contribution is -0.134. The summed E-state index contributed by atoms with van der Waals surface area (Å²) < 4.78 is 0. The van der Waals surface area contributed by atoms with Crippen molar-refractivity contribution in [3.8, 4) is 0 Å². The van der Waals surface area contributed by atoms with Crippen LogP contribution >= 0.6 is 11.3 Å². The Morgan fingerprint density at radius 1 is 1.21 bits per heavy atom. The van der Waals surface area contributed by atoms with Crippen LogP contribution in [0, 0.1) is 5.92 Å². The number of carbonyl (C=O) groups excluding carboxylic acids is 2. The summed E-state index contributed by atoms with van der Waals surface area (Å²) in [5.41, 5.74) is 2.78. The summed E-state index contributed by atoms with van der Waals surface area (Å²) in [7, 11) is 0. The topological polar surface area (TPSA) is 95.4 Å². The molecule has 1 unspecified atom stereocenters. The van der Waals surface area contributed by atoms with Crippen molar-refractivity contribution in [2.75, 3.05) is 18.4 Å². The van der Waals surface area contributed by atoms with Gasteiger partial charge in [0.2, 0.25) is 16.9 Å². The number of aliphatic hydroxyl groups excluding tert-OH is 1. The van der Waals surface area contributed by atoms with Gasteiger partial charge in [-0.05, 0) is 37.2 Å². The number of rotatable bonds is 8. The molecule has 1 aromatic carbocycles. The lowest BCUT2D eigenvalue weighted by Gasteiger charge is -2.34. The molecule has 2 aromatic rings. The van der Waals surface area contributed by atoms with E-state index >= 15 is 0 Å². The molecule has 3 rings (SSSR count). The van der Waals surface area contributed by atoms with Gasteiger partial charge in [-0.15, -0.1) is 10.2 Å². The van der Waals surface area contributed by atoms with Gasteiger partial charge >= 0.3 is 0 Å². The molecule has 0 saturated carbocycles. The van der Waals surface area contributed by atoms with Crippen LogP contribution in [0.1, 0.15) is 37.7 Å². The van der Waals surface area contributed by atoms with Crippen LogP contribution in [0.25, 0.3) is 0 Å². The van der Waals surface area contributed by atoms with Crippen LogP contribution in [0.5, 0.6) is 0 Å². The van der Waals surface area contributed by atoms with Crippen molar-refractivity contribution < 1.29 is 14.7 Å². The number of nitrogens with zero attached hydrogens (tertiary/aromatic N) is 3. The molecule has 0 radical (unpaired) electrons. The van der Waals surface area contributed by atoms with E-state index in [1.54, 1.807) is 10.4 Å². The lowest BCUT2D eigenvalue weighted by Crippen LogP contribution is -2.41. The number of aryl methyl sites for hydroxylation is 1. The van der Waals surface area contributed by atoms with E-state index in [4.69, 9.17) is 0 Å². The molecule has 1 atom stereocenters. The Morgan fingerprint density at radius 3 is 2.64 bits per heavy atom. The van der Waals surface area contributed by atoms with Crippen LogP contribution in [0.15, 0.2) is 35.8 Å². The van der Waals surface area contributed by atoms with E-state index in [9.17, 15) is 14.7 Å². The molecular weight excluding hydrogens is 376 g/mol. The van der Waals surface area contributed by atoms with Gasteiger partial charge in [0.1, 0.15) is 5.51 Å². The number of amides is 2. The van der Waals surface area contributed by atoms with Gasteiger partial charge < -0.3 is 15.3 Å². The molecule has 1 fully saturated rings. The van der Waals surface area contributed by atoms with Gasteiger partial charge in [-0.3, -0.25) is 9.59 Å². The first-order valence-corrected chi connectivity index (χ1v) is 10.6. The van der Waals surface area contributed by atoms with Crippen molar-refractivity contribution in [2.45, 2.75) is 44.6 Å². The van der Waals surface area contributed by atoms with Crippen molar-refractivity contribution in [1.82, 2.24) is 15.1 Å². The third kappa shape index (κ3) is 6.10. The largest absolute Gasteiger partial charge is 0.393 e. The van der Waals surface area contributed by atoms with Crippen LogP contribution in [-0.4, -0.2) is 51.2 Å². The number of hydrogen-bond donors (Lipinski definition) is 2.